The minimum atomic E-state index is -0.427. The lowest BCUT2D eigenvalue weighted by molar-refractivity contribution is 0.0846. The van der Waals surface area contributed by atoms with Gasteiger partial charge < -0.3 is 4.74 Å². The van der Waals surface area contributed by atoms with Gasteiger partial charge in [-0.2, -0.15) is 0 Å². The van der Waals surface area contributed by atoms with Gasteiger partial charge in [0, 0.05) is 16.1 Å². The minimum absolute atomic E-state index is 0.391. The van der Waals surface area contributed by atoms with Crippen molar-refractivity contribution < 1.29 is 14.3 Å². The quantitative estimate of drug-likeness (QED) is 0.852. The van der Waals surface area contributed by atoms with Gasteiger partial charge in [0.25, 0.3) is 11.8 Å². The van der Waals surface area contributed by atoms with Gasteiger partial charge in [0.05, 0.1) is 6.61 Å². The normalized spacial score (nSPS) is 9.91. The molecule has 22 heavy (non-hydrogen) atoms. The van der Waals surface area contributed by atoms with Crippen LogP contribution < -0.4 is 15.6 Å². The molecular formula is C16H15ClN2O3. The summed E-state index contributed by atoms with van der Waals surface area (Å²) in [5.74, 6) is -0.256. The fourth-order valence-electron chi connectivity index (χ4n) is 1.75. The average molecular weight is 319 g/mol. The highest BCUT2D eigenvalue weighted by molar-refractivity contribution is 6.30. The number of halogens is 1. The van der Waals surface area contributed by atoms with Gasteiger partial charge in [-0.15, -0.1) is 0 Å². The molecule has 0 bridgehead atoms. The Morgan fingerprint density at radius 2 is 1.64 bits per heavy atom. The Morgan fingerprint density at radius 1 is 1.00 bits per heavy atom. The number of rotatable bonds is 4. The molecule has 0 spiro atoms. The Bertz CT molecular complexity index is 671. The standard InChI is InChI=1S/C16H15ClN2O3/c1-2-22-14-5-3-4-12(10-14)16(21)19-18-15(20)11-6-8-13(17)9-7-11/h3-10H,2H2,1H3,(H,18,20)(H,19,21). The Labute approximate surface area is 133 Å². The zero-order chi connectivity index (χ0) is 15.9. The van der Waals surface area contributed by atoms with Crippen LogP contribution in [0.4, 0.5) is 0 Å². The van der Waals surface area contributed by atoms with E-state index in [1.807, 2.05) is 6.92 Å². The summed E-state index contributed by atoms with van der Waals surface area (Å²) in [5.41, 5.74) is 5.49. The second-order valence-electron chi connectivity index (χ2n) is 4.38. The van der Waals surface area contributed by atoms with E-state index in [1.54, 1.807) is 48.5 Å². The van der Waals surface area contributed by atoms with Crippen LogP contribution in [0.3, 0.4) is 0 Å². The highest BCUT2D eigenvalue weighted by Crippen LogP contribution is 2.13. The molecule has 0 atom stereocenters. The van der Waals surface area contributed by atoms with Crippen LogP contribution in [-0.4, -0.2) is 18.4 Å². The van der Waals surface area contributed by atoms with E-state index in [-0.39, 0.29) is 0 Å². The van der Waals surface area contributed by atoms with Crippen molar-refractivity contribution in [2.45, 2.75) is 6.92 Å². The molecule has 0 saturated carbocycles. The lowest BCUT2D eigenvalue weighted by Gasteiger charge is -2.09. The predicted molar refractivity (Wildman–Crippen MR) is 84.0 cm³/mol. The summed E-state index contributed by atoms with van der Waals surface area (Å²) in [5, 5.41) is 0.535. The molecule has 2 rings (SSSR count). The zero-order valence-corrected chi connectivity index (χ0v) is 12.7. The van der Waals surface area contributed by atoms with E-state index in [9.17, 15) is 9.59 Å². The molecule has 0 fully saturated rings. The number of nitrogens with one attached hydrogen (secondary N) is 2. The molecule has 0 aliphatic carbocycles. The van der Waals surface area contributed by atoms with Crippen LogP contribution in [0.2, 0.25) is 5.02 Å². The summed E-state index contributed by atoms with van der Waals surface area (Å²) in [6.45, 7) is 2.37. The lowest BCUT2D eigenvalue weighted by atomic mass is 10.2. The molecule has 0 saturated heterocycles. The van der Waals surface area contributed by atoms with Gasteiger partial charge in [0.15, 0.2) is 0 Å². The maximum absolute atomic E-state index is 12.0. The number of hydrogen-bond donors (Lipinski definition) is 2. The molecule has 0 unspecified atom stereocenters. The second kappa shape index (κ2) is 7.47. The van der Waals surface area contributed by atoms with Crippen LogP contribution >= 0.6 is 11.6 Å². The SMILES string of the molecule is CCOc1cccc(C(=O)NNC(=O)c2ccc(Cl)cc2)c1. The highest BCUT2D eigenvalue weighted by atomic mass is 35.5. The summed E-state index contributed by atoms with van der Waals surface area (Å²) in [7, 11) is 0. The van der Waals surface area contributed by atoms with Crippen molar-refractivity contribution in [1.82, 2.24) is 10.9 Å². The van der Waals surface area contributed by atoms with E-state index in [4.69, 9.17) is 16.3 Å². The van der Waals surface area contributed by atoms with Gasteiger partial charge in [-0.3, -0.25) is 20.4 Å². The van der Waals surface area contributed by atoms with Crippen molar-refractivity contribution in [3.05, 3.63) is 64.7 Å². The average Bonchev–Trinajstić information content (AvgIpc) is 2.53. The Kier molecular flexibility index (Phi) is 5.38. The first-order valence-electron chi connectivity index (χ1n) is 6.69. The zero-order valence-electron chi connectivity index (χ0n) is 11.9. The van der Waals surface area contributed by atoms with Crippen molar-refractivity contribution in [3.8, 4) is 5.75 Å². The third kappa shape index (κ3) is 4.23. The number of hydrazine groups is 1. The van der Waals surface area contributed by atoms with Gasteiger partial charge >= 0.3 is 0 Å². The molecule has 0 radical (unpaired) electrons. The van der Waals surface area contributed by atoms with Crippen LogP contribution in [-0.2, 0) is 0 Å². The molecule has 2 N–H and O–H groups in total. The summed E-state index contributed by atoms with van der Waals surface area (Å²) in [4.78, 5) is 23.9. The Morgan fingerprint density at radius 3 is 2.27 bits per heavy atom. The molecule has 114 valence electrons. The smallest absolute Gasteiger partial charge is 0.269 e. The van der Waals surface area contributed by atoms with Crippen molar-refractivity contribution in [1.29, 1.82) is 0 Å². The van der Waals surface area contributed by atoms with Gasteiger partial charge in [0.2, 0.25) is 0 Å². The molecule has 2 amide bonds. The molecule has 2 aromatic rings. The van der Waals surface area contributed by atoms with E-state index in [0.717, 1.165) is 0 Å². The van der Waals surface area contributed by atoms with E-state index in [1.165, 1.54) is 0 Å². The number of carbonyl (C=O) groups is 2. The van der Waals surface area contributed by atoms with Crippen LogP contribution in [0.1, 0.15) is 27.6 Å². The van der Waals surface area contributed by atoms with E-state index in [0.29, 0.717) is 28.5 Å². The fourth-order valence-corrected chi connectivity index (χ4v) is 1.88. The molecule has 0 aliphatic heterocycles. The van der Waals surface area contributed by atoms with Gasteiger partial charge in [-0.05, 0) is 49.4 Å². The molecule has 0 aliphatic rings. The molecule has 2 aromatic carbocycles. The number of hydrogen-bond acceptors (Lipinski definition) is 3. The van der Waals surface area contributed by atoms with E-state index < -0.39 is 11.8 Å². The monoisotopic (exact) mass is 318 g/mol. The largest absolute Gasteiger partial charge is 0.494 e. The Hall–Kier alpha value is -2.53. The minimum Gasteiger partial charge on any atom is -0.494 e. The summed E-state index contributed by atoms with van der Waals surface area (Å²) >= 11 is 5.75. The lowest BCUT2D eigenvalue weighted by Crippen LogP contribution is -2.41. The number of ether oxygens (including phenoxy) is 1. The Balaban J connectivity index is 1.96. The first-order chi connectivity index (χ1) is 10.6. The molecule has 5 nitrogen and oxygen atoms in total. The highest BCUT2D eigenvalue weighted by Gasteiger charge is 2.09. The topological polar surface area (TPSA) is 67.4 Å². The number of carbonyl (C=O) groups excluding carboxylic acids is 2. The third-order valence-electron chi connectivity index (χ3n) is 2.80. The fraction of sp³-hybridized carbons (Fsp3) is 0.125. The summed E-state index contributed by atoms with van der Waals surface area (Å²) in [6, 6.07) is 13.0. The second-order valence-corrected chi connectivity index (χ2v) is 4.81. The summed E-state index contributed by atoms with van der Waals surface area (Å²) < 4.78 is 5.32. The van der Waals surface area contributed by atoms with Crippen LogP contribution in [0.15, 0.2) is 48.5 Å². The summed E-state index contributed by atoms with van der Waals surface area (Å²) in [6.07, 6.45) is 0. The van der Waals surface area contributed by atoms with Crippen molar-refractivity contribution >= 4 is 23.4 Å². The van der Waals surface area contributed by atoms with Gasteiger partial charge in [-0.1, -0.05) is 17.7 Å². The predicted octanol–water partition coefficient (Wildman–Crippen LogP) is 2.81. The van der Waals surface area contributed by atoms with Crippen molar-refractivity contribution in [2.24, 2.45) is 0 Å². The van der Waals surface area contributed by atoms with E-state index >= 15 is 0 Å². The van der Waals surface area contributed by atoms with Crippen LogP contribution in [0.5, 0.6) is 5.75 Å². The molecule has 0 aromatic heterocycles. The molecule has 0 heterocycles. The number of benzene rings is 2. The van der Waals surface area contributed by atoms with Crippen molar-refractivity contribution in [2.75, 3.05) is 6.61 Å². The van der Waals surface area contributed by atoms with Gasteiger partial charge in [-0.25, -0.2) is 0 Å². The van der Waals surface area contributed by atoms with Crippen LogP contribution in [0.25, 0.3) is 0 Å². The first kappa shape index (κ1) is 15.9. The maximum Gasteiger partial charge on any atom is 0.269 e. The van der Waals surface area contributed by atoms with Crippen LogP contribution in [0, 0.1) is 0 Å². The molecular weight excluding hydrogens is 304 g/mol. The van der Waals surface area contributed by atoms with Crippen molar-refractivity contribution in [3.63, 3.8) is 0 Å². The third-order valence-corrected chi connectivity index (χ3v) is 3.06. The maximum atomic E-state index is 12.0. The number of amides is 2. The molecule has 6 heteroatoms. The van der Waals surface area contributed by atoms with E-state index in [2.05, 4.69) is 10.9 Å². The van der Waals surface area contributed by atoms with Gasteiger partial charge in [0.1, 0.15) is 5.75 Å². The first-order valence-corrected chi connectivity index (χ1v) is 7.07.